The number of anilines is 1. The molecular weight excluding hydrogens is 252 g/mol. The van der Waals surface area contributed by atoms with Crippen molar-refractivity contribution in [1.82, 2.24) is 4.98 Å². The van der Waals surface area contributed by atoms with Crippen molar-refractivity contribution in [3.63, 3.8) is 0 Å². The van der Waals surface area contributed by atoms with Crippen LogP contribution in [0.1, 0.15) is 12.5 Å². The van der Waals surface area contributed by atoms with E-state index in [2.05, 4.69) is 45.3 Å². The van der Waals surface area contributed by atoms with Crippen LogP contribution in [0, 0.1) is 0 Å². The summed E-state index contributed by atoms with van der Waals surface area (Å²) in [5.41, 5.74) is 2.28. The number of nitrogens with one attached hydrogen (secondary N) is 1. The lowest BCUT2D eigenvalue weighted by atomic mass is 10.1. The second-order valence-electron chi connectivity index (χ2n) is 3.44. The number of nitrogens with zero attached hydrogens (tertiary/aromatic N) is 1. The van der Waals surface area contributed by atoms with Gasteiger partial charge in [-0.3, -0.25) is 0 Å². The zero-order valence-corrected chi connectivity index (χ0v) is 10.4. The third kappa shape index (κ3) is 1.97. The van der Waals surface area contributed by atoms with Crippen LogP contribution in [0.2, 0.25) is 0 Å². The van der Waals surface area contributed by atoms with E-state index >= 15 is 0 Å². The molecule has 15 heavy (non-hydrogen) atoms. The second kappa shape index (κ2) is 4.19. The first kappa shape index (κ1) is 10.4. The first-order valence-corrected chi connectivity index (χ1v) is 5.81. The minimum absolute atomic E-state index is 0.979. The van der Waals surface area contributed by atoms with Gasteiger partial charge >= 0.3 is 0 Å². The number of hydrogen-bond donors (Lipinski definition) is 1. The fourth-order valence-electron chi connectivity index (χ4n) is 1.68. The van der Waals surface area contributed by atoms with E-state index in [-0.39, 0.29) is 0 Å². The van der Waals surface area contributed by atoms with E-state index in [0.717, 1.165) is 22.2 Å². The van der Waals surface area contributed by atoms with E-state index in [9.17, 15) is 0 Å². The first-order chi connectivity index (χ1) is 7.24. The van der Waals surface area contributed by atoms with Gasteiger partial charge in [0.1, 0.15) is 5.82 Å². The molecule has 0 saturated carbocycles. The fraction of sp³-hybridized carbons (Fsp3) is 0.250. The lowest BCUT2D eigenvalue weighted by molar-refractivity contribution is 1.12. The van der Waals surface area contributed by atoms with Gasteiger partial charge in [0.15, 0.2) is 0 Å². The Balaban J connectivity index is 2.69. The number of pyridine rings is 1. The van der Waals surface area contributed by atoms with Crippen LogP contribution in [0.15, 0.2) is 28.7 Å². The van der Waals surface area contributed by atoms with Gasteiger partial charge in [0.25, 0.3) is 0 Å². The second-order valence-corrected chi connectivity index (χ2v) is 4.35. The van der Waals surface area contributed by atoms with Crippen LogP contribution < -0.4 is 5.32 Å². The monoisotopic (exact) mass is 264 g/mol. The number of benzene rings is 1. The average molecular weight is 265 g/mol. The van der Waals surface area contributed by atoms with Gasteiger partial charge in [0.05, 0.1) is 5.52 Å². The molecule has 2 aromatic rings. The average Bonchev–Trinajstić information content (AvgIpc) is 2.27. The van der Waals surface area contributed by atoms with Gasteiger partial charge < -0.3 is 5.32 Å². The molecule has 0 bridgehead atoms. The number of aryl methyl sites for hydroxylation is 1. The number of aromatic nitrogens is 1. The van der Waals surface area contributed by atoms with Crippen LogP contribution in [0.4, 0.5) is 5.82 Å². The normalized spacial score (nSPS) is 10.6. The van der Waals surface area contributed by atoms with E-state index in [4.69, 9.17) is 0 Å². The van der Waals surface area contributed by atoms with Crippen molar-refractivity contribution < 1.29 is 0 Å². The van der Waals surface area contributed by atoms with Crippen molar-refractivity contribution in [2.45, 2.75) is 13.3 Å². The van der Waals surface area contributed by atoms with E-state index in [1.807, 2.05) is 19.2 Å². The molecular formula is C12H13BrN2. The van der Waals surface area contributed by atoms with E-state index < -0.39 is 0 Å². The molecule has 0 spiro atoms. The van der Waals surface area contributed by atoms with Gasteiger partial charge in [0.2, 0.25) is 0 Å². The zero-order valence-electron chi connectivity index (χ0n) is 8.84. The van der Waals surface area contributed by atoms with Gasteiger partial charge in [-0.25, -0.2) is 4.98 Å². The minimum atomic E-state index is 0.979. The highest BCUT2D eigenvalue weighted by atomic mass is 79.9. The van der Waals surface area contributed by atoms with Crippen molar-refractivity contribution in [3.8, 4) is 0 Å². The largest absolute Gasteiger partial charge is 0.373 e. The maximum atomic E-state index is 4.57. The fourth-order valence-corrected chi connectivity index (χ4v) is 2.06. The van der Waals surface area contributed by atoms with E-state index in [1.165, 1.54) is 10.9 Å². The predicted octanol–water partition coefficient (Wildman–Crippen LogP) is 3.60. The molecule has 1 aromatic heterocycles. The summed E-state index contributed by atoms with van der Waals surface area (Å²) in [5, 5.41) is 4.31. The molecule has 1 heterocycles. The van der Waals surface area contributed by atoms with Crippen molar-refractivity contribution in [2.24, 2.45) is 0 Å². The lowest BCUT2D eigenvalue weighted by Crippen LogP contribution is -1.98. The minimum Gasteiger partial charge on any atom is -0.373 e. The highest BCUT2D eigenvalue weighted by Gasteiger charge is 2.03. The third-order valence-electron chi connectivity index (χ3n) is 2.47. The Labute approximate surface area is 97.8 Å². The van der Waals surface area contributed by atoms with Gasteiger partial charge in [-0.15, -0.1) is 0 Å². The summed E-state index contributed by atoms with van der Waals surface area (Å²) < 4.78 is 1.09. The van der Waals surface area contributed by atoms with E-state index in [0.29, 0.717) is 0 Å². The van der Waals surface area contributed by atoms with Crippen molar-refractivity contribution in [3.05, 3.63) is 34.3 Å². The Morgan fingerprint density at radius 2 is 2.13 bits per heavy atom. The predicted molar refractivity (Wildman–Crippen MR) is 68.4 cm³/mol. The summed E-state index contributed by atoms with van der Waals surface area (Å²) in [6.45, 7) is 2.14. The van der Waals surface area contributed by atoms with Crippen molar-refractivity contribution >= 4 is 32.7 Å². The Morgan fingerprint density at radius 3 is 2.80 bits per heavy atom. The first-order valence-electron chi connectivity index (χ1n) is 5.01. The van der Waals surface area contributed by atoms with Gasteiger partial charge in [0, 0.05) is 16.9 Å². The summed E-state index contributed by atoms with van der Waals surface area (Å²) in [5.74, 6) is 0.979. The summed E-state index contributed by atoms with van der Waals surface area (Å²) in [6, 6.07) is 8.33. The van der Waals surface area contributed by atoms with Crippen LogP contribution in [0.3, 0.4) is 0 Å². The topological polar surface area (TPSA) is 24.9 Å². The quantitative estimate of drug-likeness (QED) is 0.897. The molecule has 1 aromatic carbocycles. The summed E-state index contributed by atoms with van der Waals surface area (Å²) in [7, 11) is 1.91. The molecule has 2 rings (SSSR count). The number of halogens is 1. The molecule has 0 atom stereocenters. The molecule has 0 aliphatic heterocycles. The van der Waals surface area contributed by atoms with E-state index in [1.54, 1.807) is 0 Å². The van der Waals surface area contributed by atoms with Crippen LogP contribution >= 0.6 is 15.9 Å². The lowest BCUT2D eigenvalue weighted by Gasteiger charge is -2.08. The zero-order chi connectivity index (χ0) is 10.8. The molecule has 78 valence electrons. The van der Waals surface area contributed by atoms with Crippen LogP contribution in [-0.4, -0.2) is 12.0 Å². The third-order valence-corrected chi connectivity index (χ3v) is 2.97. The Hall–Kier alpha value is -1.09. The Morgan fingerprint density at radius 1 is 1.33 bits per heavy atom. The van der Waals surface area contributed by atoms with Crippen LogP contribution in [0.5, 0.6) is 0 Å². The molecule has 0 unspecified atom stereocenters. The Kier molecular flexibility index (Phi) is 2.91. The maximum Gasteiger partial charge on any atom is 0.129 e. The molecule has 0 saturated heterocycles. The molecule has 0 aliphatic rings. The van der Waals surface area contributed by atoms with Crippen molar-refractivity contribution in [1.29, 1.82) is 0 Å². The number of hydrogen-bond acceptors (Lipinski definition) is 2. The molecule has 2 nitrogen and oxygen atoms in total. The SMILES string of the molecule is CCc1cc2cc(Br)ccc2nc1NC. The molecule has 0 aliphatic carbocycles. The highest BCUT2D eigenvalue weighted by Crippen LogP contribution is 2.23. The summed E-state index contributed by atoms with van der Waals surface area (Å²) in [4.78, 5) is 4.57. The van der Waals surface area contributed by atoms with Gasteiger partial charge in [-0.2, -0.15) is 0 Å². The molecule has 1 N–H and O–H groups in total. The summed E-state index contributed by atoms with van der Waals surface area (Å²) in [6.07, 6.45) is 0.992. The smallest absolute Gasteiger partial charge is 0.129 e. The molecule has 0 radical (unpaired) electrons. The standard InChI is InChI=1S/C12H13BrN2/c1-3-8-6-9-7-10(13)4-5-11(9)15-12(8)14-2/h4-7H,3H2,1-2H3,(H,14,15). The number of rotatable bonds is 2. The Bertz CT molecular complexity index is 494. The molecule has 0 fully saturated rings. The van der Waals surface area contributed by atoms with Crippen LogP contribution in [0.25, 0.3) is 10.9 Å². The maximum absolute atomic E-state index is 4.57. The molecule has 3 heteroatoms. The highest BCUT2D eigenvalue weighted by molar-refractivity contribution is 9.10. The van der Waals surface area contributed by atoms with Crippen molar-refractivity contribution in [2.75, 3.05) is 12.4 Å². The number of fused-ring (bicyclic) bond motifs is 1. The van der Waals surface area contributed by atoms with Gasteiger partial charge in [-0.05, 0) is 36.2 Å². The van der Waals surface area contributed by atoms with Gasteiger partial charge in [-0.1, -0.05) is 22.9 Å². The summed E-state index contributed by atoms with van der Waals surface area (Å²) >= 11 is 3.47. The molecule has 0 amide bonds. The van der Waals surface area contributed by atoms with Crippen LogP contribution in [-0.2, 0) is 6.42 Å².